The molecule has 1 unspecified atom stereocenters. The van der Waals surface area contributed by atoms with Crippen LogP contribution in [0.1, 0.15) is 90.9 Å². The van der Waals surface area contributed by atoms with Crippen molar-refractivity contribution in [3.05, 3.63) is 0 Å². The lowest BCUT2D eigenvalue weighted by Gasteiger charge is -2.12. The number of nitrogens with one attached hydrogen (secondary N) is 3. The number of nitrogens with two attached hydrogens (primary N) is 1. The van der Waals surface area contributed by atoms with E-state index in [0.717, 1.165) is 18.7 Å². The van der Waals surface area contributed by atoms with Crippen molar-refractivity contribution in [2.24, 2.45) is 5.73 Å². The molecule has 0 saturated heterocycles. The fraction of sp³-hybridized carbons (Fsp3) is 0.864. The first kappa shape index (κ1) is 26.8. The van der Waals surface area contributed by atoms with Gasteiger partial charge in [-0.05, 0) is 13.3 Å². The third kappa shape index (κ3) is 14.7. The summed E-state index contributed by atoms with van der Waals surface area (Å²) in [5.74, 6) is 2.42. The van der Waals surface area contributed by atoms with Gasteiger partial charge in [0.15, 0.2) is 0 Å². The van der Waals surface area contributed by atoms with E-state index in [0.29, 0.717) is 30.9 Å². The van der Waals surface area contributed by atoms with Crippen LogP contribution in [0.3, 0.4) is 0 Å². The fourth-order valence-corrected chi connectivity index (χ4v) is 3.31. The highest BCUT2D eigenvalue weighted by Crippen LogP contribution is 2.13. The summed E-state index contributed by atoms with van der Waals surface area (Å²) in [6, 6.07) is 0.0353. The Kier molecular flexibility index (Phi) is 16.5. The smallest absolute Gasteiger partial charge is 0.229 e. The molecule has 0 fully saturated rings. The molecular formula is C22H45N7S. The number of anilines is 3. The predicted molar refractivity (Wildman–Crippen MR) is 134 cm³/mol. The van der Waals surface area contributed by atoms with Crippen molar-refractivity contribution in [1.29, 1.82) is 0 Å². The summed E-state index contributed by atoms with van der Waals surface area (Å²) in [7, 11) is 0. The average Bonchev–Trinajstić information content (AvgIpc) is 2.74. The third-order valence-electron chi connectivity index (χ3n) is 4.93. The van der Waals surface area contributed by atoms with Gasteiger partial charge >= 0.3 is 0 Å². The van der Waals surface area contributed by atoms with Gasteiger partial charge in [0.05, 0.1) is 0 Å². The maximum atomic E-state index is 5.81. The lowest BCUT2D eigenvalue weighted by molar-refractivity contribution is 0.546. The van der Waals surface area contributed by atoms with Crippen molar-refractivity contribution in [2.45, 2.75) is 96.9 Å². The van der Waals surface area contributed by atoms with E-state index >= 15 is 0 Å². The summed E-state index contributed by atoms with van der Waals surface area (Å²) < 4.78 is 0. The third-order valence-corrected chi connectivity index (χ3v) is 5.15. The SMILES string of the molecule is CCCCCCCCCCCCCCNc1nc(NCCS)nc(NCC(C)N)n1. The number of hydrogen-bond donors (Lipinski definition) is 5. The van der Waals surface area contributed by atoms with Crippen LogP contribution in [0.2, 0.25) is 0 Å². The molecule has 0 saturated carbocycles. The maximum Gasteiger partial charge on any atom is 0.229 e. The Labute approximate surface area is 189 Å². The Morgan fingerprint density at radius 2 is 1.13 bits per heavy atom. The zero-order chi connectivity index (χ0) is 21.9. The Bertz CT molecular complexity index is 528. The molecule has 0 amide bonds. The van der Waals surface area contributed by atoms with Gasteiger partial charge in [0, 0.05) is 31.4 Å². The van der Waals surface area contributed by atoms with Gasteiger partial charge < -0.3 is 21.7 Å². The van der Waals surface area contributed by atoms with E-state index in [2.05, 4.69) is 50.5 Å². The number of hydrogen-bond acceptors (Lipinski definition) is 8. The van der Waals surface area contributed by atoms with E-state index in [1.165, 1.54) is 70.6 Å². The van der Waals surface area contributed by atoms with Crippen LogP contribution in [-0.2, 0) is 0 Å². The standard InChI is InChI=1S/C22H45N7S/c1-3-4-5-6-7-8-9-10-11-12-13-14-15-24-20-27-21(25-16-17-30)29-22(28-20)26-18-19(2)23/h19,30H,3-18,23H2,1-2H3,(H3,24,25,26,27,28,29). The zero-order valence-electron chi connectivity index (χ0n) is 19.3. The number of rotatable bonds is 20. The minimum absolute atomic E-state index is 0.0353. The Morgan fingerprint density at radius 3 is 1.60 bits per heavy atom. The Balaban J connectivity index is 2.18. The molecule has 8 heteroatoms. The summed E-state index contributed by atoms with van der Waals surface area (Å²) in [4.78, 5) is 13.3. The van der Waals surface area contributed by atoms with Gasteiger partial charge in [0.1, 0.15) is 0 Å². The normalized spacial score (nSPS) is 12.0. The van der Waals surface area contributed by atoms with Gasteiger partial charge in [0.25, 0.3) is 0 Å². The molecule has 0 aliphatic heterocycles. The molecule has 0 aliphatic carbocycles. The number of aromatic nitrogens is 3. The van der Waals surface area contributed by atoms with Crippen LogP contribution >= 0.6 is 12.6 Å². The molecular weight excluding hydrogens is 394 g/mol. The fourth-order valence-electron chi connectivity index (χ4n) is 3.20. The van der Waals surface area contributed by atoms with E-state index in [9.17, 15) is 0 Å². The monoisotopic (exact) mass is 439 g/mol. The van der Waals surface area contributed by atoms with E-state index in [4.69, 9.17) is 5.73 Å². The zero-order valence-corrected chi connectivity index (χ0v) is 20.2. The second-order valence-electron chi connectivity index (χ2n) is 8.13. The summed E-state index contributed by atoms with van der Waals surface area (Å²) in [5, 5.41) is 9.66. The molecule has 7 nitrogen and oxygen atoms in total. The molecule has 174 valence electrons. The summed E-state index contributed by atoms with van der Waals surface area (Å²) in [5.41, 5.74) is 5.81. The topological polar surface area (TPSA) is 101 Å². The van der Waals surface area contributed by atoms with Gasteiger partial charge in [-0.1, -0.05) is 77.6 Å². The average molecular weight is 440 g/mol. The highest BCUT2D eigenvalue weighted by molar-refractivity contribution is 7.80. The predicted octanol–water partition coefficient (Wildman–Crippen LogP) is 5.09. The summed E-state index contributed by atoms with van der Waals surface area (Å²) in [6.45, 7) is 6.42. The minimum Gasteiger partial charge on any atom is -0.354 e. The molecule has 0 aliphatic rings. The van der Waals surface area contributed by atoms with E-state index in [1.807, 2.05) is 6.92 Å². The van der Waals surface area contributed by atoms with E-state index < -0.39 is 0 Å². The van der Waals surface area contributed by atoms with Crippen molar-refractivity contribution in [2.75, 3.05) is 41.3 Å². The van der Waals surface area contributed by atoms with Gasteiger partial charge in [0.2, 0.25) is 17.8 Å². The molecule has 0 spiro atoms. The molecule has 1 heterocycles. The number of nitrogens with zero attached hydrogens (tertiary/aromatic N) is 3. The van der Waals surface area contributed by atoms with Crippen molar-refractivity contribution in [3.8, 4) is 0 Å². The van der Waals surface area contributed by atoms with Crippen LogP contribution < -0.4 is 21.7 Å². The van der Waals surface area contributed by atoms with E-state index in [1.54, 1.807) is 0 Å². The summed E-state index contributed by atoms with van der Waals surface area (Å²) >= 11 is 4.22. The number of unbranched alkanes of at least 4 members (excludes halogenated alkanes) is 11. The first-order valence-electron chi connectivity index (χ1n) is 12.0. The Morgan fingerprint density at radius 1 is 0.700 bits per heavy atom. The van der Waals surface area contributed by atoms with Crippen molar-refractivity contribution >= 4 is 30.5 Å². The van der Waals surface area contributed by atoms with Gasteiger partial charge in [-0.3, -0.25) is 0 Å². The first-order chi connectivity index (χ1) is 14.7. The lowest BCUT2D eigenvalue weighted by atomic mass is 10.1. The molecule has 1 atom stereocenters. The molecule has 5 N–H and O–H groups in total. The largest absolute Gasteiger partial charge is 0.354 e. The van der Waals surface area contributed by atoms with Crippen LogP contribution in [0.4, 0.5) is 17.8 Å². The van der Waals surface area contributed by atoms with E-state index in [-0.39, 0.29) is 6.04 Å². The van der Waals surface area contributed by atoms with Gasteiger partial charge in [-0.2, -0.15) is 27.6 Å². The summed E-state index contributed by atoms with van der Waals surface area (Å²) in [6.07, 6.45) is 16.2. The first-order valence-corrected chi connectivity index (χ1v) is 12.6. The van der Waals surface area contributed by atoms with Crippen LogP contribution in [-0.4, -0.2) is 46.4 Å². The molecule has 0 bridgehead atoms. The molecule has 1 aromatic rings. The lowest BCUT2D eigenvalue weighted by Crippen LogP contribution is -2.26. The highest BCUT2D eigenvalue weighted by atomic mass is 32.1. The van der Waals surface area contributed by atoms with Crippen LogP contribution in [0.15, 0.2) is 0 Å². The Hall–Kier alpha value is -1.28. The molecule has 1 rings (SSSR count). The van der Waals surface area contributed by atoms with Crippen LogP contribution in [0.5, 0.6) is 0 Å². The van der Waals surface area contributed by atoms with Crippen LogP contribution in [0, 0.1) is 0 Å². The molecule has 0 aromatic carbocycles. The number of thiol groups is 1. The van der Waals surface area contributed by atoms with Crippen molar-refractivity contribution in [3.63, 3.8) is 0 Å². The molecule has 0 radical (unpaired) electrons. The van der Waals surface area contributed by atoms with Crippen molar-refractivity contribution < 1.29 is 0 Å². The second kappa shape index (κ2) is 18.5. The molecule has 30 heavy (non-hydrogen) atoms. The van der Waals surface area contributed by atoms with Gasteiger partial charge in [-0.15, -0.1) is 0 Å². The molecule has 1 aromatic heterocycles. The second-order valence-corrected chi connectivity index (χ2v) is 8.58. The maximum absolute atomic E-state index is 5.81. The quantitative estimate of drug-likeness (QED) is 0.143. The van der Waals surface area contributed by atoms with Gasteiger partial charge in [-0.25, -0.2) is 0 Å². The minimum atomic E-state index is 0.0353. The van der Waals surface area contributed by atoms with Crippen molar-refractivity contribution in [1.82, 2.24) is 15.0 Å². The highest BCUT2D eigenvalue weighted by Gasteiger charge is 2.06. The van der Waals surface area contributed by atoms with Crippen LogP contribution in [0.25, 0.3) is 0 Å².